The monoisotopic (exact) mass is 373 g/mol. The maximum Gasteiger partial charge on any atom is 0.280 e. The summed E-state index contributed by atoms with van der Waals surface area (Å²) in [6.45, 7) is 6.66. The first-order valence-electron chi connectivity index (χ1n) is 8.28. The van der Waals surface area contributed by atoms with Crippen LogP contribution in [0.15, 0.2) is 6.20 Å². The van der Waals surface area contributed by atoms with Gasteiger partial charge in [0.25, 0.3) is 10.2 Å². The molecule has 3 atom stereocenters. The lowest BCUT2D eigenvalue weighted by molar-refractivity contribution is -0.126. The molecular weight excluding hydrogens is 346 g/mol. The van der Waals surface area contributed by atoms with Crippen molar-refractivity contribution in [1.82, 2.24) is 24.1 Å². The van der Waals surface area contributed by atoms with Crippen molar-refractivity contribution in [2.24, 2.45) is 0 Å². The van der Waals surface area contributed by atoms with Crippen LogP contribution in [0.2, 0.25) is 0 Å². The second kappa shape index (κ2) is 7.81. The van der Waals surface area contributed by atoms with E-state index in [4.69, 9.17) is 4.74 Å². The van der Waals surface area contributed by atoms with Crippen LogP contribution in [0.3, 0.4) is 0 Å². The highest BCUT2D eigenvalue weighted by Gasteiger charge is 2.41. The number of amides is 1. The molecule has 0 saturated carbocycles. The molecule has 1 aromatic heterocycles. The van der Waals surface area contributed by atoms with Gasteiger partial charge in [0, 0.05) is 38.5 Å². The SMILES string of the molecule is CCn1cc([C@@H]2C[C@H](C(=O)N[C@@H](C)COC)N(C)S(=O)(=O)N2)c(C)n1. The van der Waals surface area contributed by atoms with Gasteiger partial charge in [-0.2, -0.15) is 22.5 Å². The molecule has 0 radical (unpaired) electrons. The van der Waals surface area contributed by atoms with Crippen LogP contribution >= 0.6 is 0 Å². The van der Waals surface area contributed by atoms with Gasteiger partial charge < -0.3 is 10.1 Å². The molecule has 1 aromatic rings. The van der Waals surface area contributed by atoms with Crippen molar-refractivity contribution in [2.45, 2.75) is 51.9 Å². The lowest BCUT2D eigenvalue weighted by Crippen LogP contribution is -2.58. The van der Waals surface area contributed by atoms with E-state index in [0.29, 0.717) is 19.6 Å². The average Bonchev–Trinajstić information content (AvgIpc) is 2.91. The minimum absolute atomic E-state index is 0.202. The Bertz CT molecular complexity index is 718. The van der Waals surface area contributed by atoms with Crippen molar-refractivity contribution in [2.75, 3.05) is 20.8 Å². The fourth-order valence-corrected chi connectivity index (χ4v) is 4.25. The number of rotatable bonds is 6. The maximum atomic E-state index is 12.6. The van der Waals surface area contributed by atoms with E-state index in [1.807, 2.05) is 27.0 Å². The molecule has 0 unspecified atom stereocenters. The highest BCUT2D eigenvalue weighted by molar-refractivity contribution is 7.87. The van der Waals surface area contributed by atoms with Crippen molar-refractivity contribution in [3.05, 3.63) is 17.5 Å². The van der Waals surface area contributed by atoms with Gasteiger partial charge in [0.15, 0.2) is 0 Å². The Hall–Kier alpha value is -1.49. The van der Waals surface area contributed by atoms with E-state index >= 15 is 0 Å². The number of nitrogens with one attached hydrogen (secondary N) is 2. The van der Waals surface area contributed by atoms with Crippen molar-refractivity contribution in [1.29, 1.82) is 0 Å². The van der Waals surface area contributed by atoms with E-state index in [9.17, 15) is 13.2 Å². The molecule has 2 heterocycles. The minimum Gasteiger partial charge on any atom is -0.383 e. The summed E-state index contributed by atoms with van der Waals surface area (Å²) < 4.78 is 35.4. The minimum atomic E-state index is -3.76. The van der Waals surface area contributed by atoms with Crippen LogP contribution in [0.4, 0.5) is 0 Å². The summed E-state index contributed by atoms with van der Waals surface area (Å²) in [6.07, 6.45) is 2.16. The van der Waals surface area contributed by atoms with Gasteiger partial charge in [0.05, 0.1) is 18.3 Å². The van der Waals surface area contributed by atoms with E-state index in [1.54, 1.807) is 11.8 Å². The highest BCUT2D eigenvalue weighted by atomic mass is 32.2. The molecule has 0 spiro atoms. The standard InChI is InChI=1S/C15H27N5O4S/c1-6-20-8-12(11(3)17-20)13-7-14(19(4)25(22,23)18-13)15(21)16-10(2)9-24-5/h8,10,13-14,18H,6-7,9H2,1-5H3,(H,16,21)/t10-,13-,14+/m0/s1. The molecule has 0 aromatic carbocycles. The molecule has 10 heteroatoms. The number of carbonyl (C=O) groups excluding carboxylic acids is 1. The average molecular weight is 373 g/mol. The molecule has 1 aliphatic heterocycles. The van der Waals surface area contributed by atoms with Crippen LogP contribution in [0.25, 0.3) is 0 Å². The van der Waals surface area contributed by atoms with E-state index in [-0.39, 0.29) is 11.9 Å². The molecule has 1 amide bonds. The molecule has 0 bridgehead atoms. The second-order valence-electron chi connectivity index (χ2n) is 6.33. The second-order valence-corrected chi connectivity index (χ2v) is 8.10. The molecule has 9 nitrogen and oxygen atoms in total. The topological polar surface area (TPSA) is 106 Å². The largest absolute Gasteiger partial charge is 0.383 e. The first-order chi connectivity index (χ1) is 11.7. The van der Waals surface area contributed by atoms with Gasteiger partial charge >= 0.3 is 0 Å². The van der Waals surface area contributed by atoms with Gasteiger partial charge in [-0.1, -0.05) is 0 Å². The quantitative estimate of drug-likeness (QED) is 0.727. The van der Waals surface area contributed by atoms with Crippen LogP contribution in [0.5, 0.6) is 0 Å². The molecule has 1 saturated heterocycles. The number of carbonyl (C=O) groups is 1. The molecular formula is C15H27N5O4S. The summed E-state index contributed by atoms with van der Waals surface area (Å²) in [5.41, 5.74) is 1.55. The van der Waals surface area contributed by atoms with E-state index in [2.05, 4.69) is 15.1 Å². The zero-order chi connectivity index (χ0) is 18.8. The molecule has 1 aliphatic rings. The zero-order valence-corrected chi connectivity index (χ0v) is 16.1. The number of hydrogen-bond acceptors (Lipinski definition) is 5. The maximum absolute atomic E-state index is 12.6. The zero-order valence-electron chi connectivity index (χ0n) is 15.3. The van der Waals surface area contributed by atoms with E-state index in [0.717, 1.165) is 15.6 Å². The van der Waals surface area contributed by atoms with Gasteiger partial charge in [-0.3, -0.25) is 9.48 Å². The number of aromatic nitrogens is 2. The number of methoxy groups -OCH3 is 1. The summed E-state index contributed by atoms with van der Waals surface area (Å²) in [5.74, 6) is -0.331. The van der Waals surface area contributed by atoms with Crippen LogP contribution in [0, 0.1) is 6.92 Å². The Morgan fingerprint density at radius 1 is 1.56 bits per heavy atom. The Morgan fingerprint density at radius 2 is 2.24 bits per heavy atom. The summed E-state index contributed by atoms with van der Waals surface area (Å²) in [6, 6.07) is -1.48. The Kier molecular flexibility index (Phi) is 6.20. The molecule has 0 aliphatic carbocycles. The lowest BCUT2D eigenvalue weighted by atomic mass is 10.00. The number of aryl methyl sites for hydroxylation is 2. The van der Waals surface area contributed by atoms with Crippen LogP contribution in [0.1, 0.15) is 37.6 Å². The van der Waals surface area contributed by atoms with Gasteiger partial charge in [0.2, 0.25) is 5.91 Å². The third-order valence-electron chi connectivity index (χ3n) is 4.36. The third kappa shape index (κ3) is 4.38. The third-order valence-corrected chi connectivity index (χ3v) is 5.96. The van der Waals surface area contributed by atoms with Gasteiger partial charge in [-0.05, 0) is 27.2 Å². The Balaban J connectivity index is 2.25. The van der Waals surface area contributed by atoms with Crippen molar-refractivity contribution in [3.63, 3.8) is 0 Å². The number of hydrogen-bond donors (Lipinski definition) is 2. The summed E-state index contributed by atoms with van der Waals surface area (Å²) in [5, 5.41) is 7.17. The molecule has 2 N–H and O–H groups in total. The molecule has 25 heavy (non-hydrogen) atoms. The van der Waals surface area contributed by atoms with Crippen LogP contribution < -0.4 is 10.0 Å². The van der Waals surface area contributed by atoms with Crippen LogP contribution in [-0.4, -0.2) is 61.3 Å². The molecule has 142 valence electrons. The Morgan fingerprint density at radius 3 is 2.80 bits per heavy atom. The van der Waals surface area contributed by atoms with Crippen LogP contribution in [-0.2, 0) is 26.3 Å². The van der Waals surface area contributed by atoms with Crippen molar-refractivity contribution < 1.29 is 17.9 Å². The lowest BCUT2D eigenvalue weighted by Gasteiger charge is -2.36. The fraction of sp³-hybridized carbons (Fsp3) is 0.733. The number of likely N-dealkylation sites (N-methyl/N-ethyl adjacent to an activating group) is 1. The predicted molar refractivity (Wildman–Crippen MR) is 93.1 cm³/mol. The number of nitrogens with zero attached hydrogens (tertiary/aromatic N) is 3. The molecule has 2 rings (SSSR count). The van der Waals surface area contributed by atoms with Crippen molar-refractivity contribution in [3.8, 4) is 0 Å². The fourth-order valence-electron chi connectivity index (χ4n) is 2.98. The normalized spacial score (nSPS) is 24.8. The van der Waals surface area contributed by atoms with Gasteiger partial charge in [-0.15, -0.1) is 0 Å². The van der Waals surface area contributed by atoms with E-state index in [1.165, 1.54) is 7.05 Å². The van der Waals surface area contributed by atoms with E-state index < -0.39 is 22.3 Å². The summed E-state index contributed by atoms with van der Waals surface area (Å²) in [7, 11) is -0.803. The van der Waals surface area contributed by atoms with Gasteiger partial charge in [-0.25, -0.2) is 0 Å². The first kappa shape index (κ1) is 19.8. The van der Waals surface area contributed by atoms with Gasteiger partial charge in [0.1, 0.15) is 6.04 Å². The first-order valence-corrected chi connectivity index (χ1v) is 9.72. The highest BCUT2D eigenvalue weighted by Crippen LogP contribution is 2.29. The summed E-state index contributed by atoms with van der Waals surface area (Å²) >= 11 is 0. The number of ether oxygens (including phenoxy) is 1. The Labute approximate surface area is 148 Å². The van der Waals surface area contributed by atoms with Crippen molar-refractivity contribution >= 4 is 16.1 Å². The summed E-state index contributed by atoms with van der Waals surface area (Å²) in [4.78, 5) is 12.6. The predicted octanol–water partition coefficient (Wildman–Crippen LogP) is -0.0579. The molecule has 1 fully saturated rings. The smallest absolute Gasteiger partial charge is 0.280 e.